The molecule has 11 nitrogen and oxygen atoms in total. The maximum absolute atomic E-state index is 14.2. The standard InChI is InChI=1S/C38H37F3N8O3/c1-45-35(32-16-19-43-47(32)30-14-12-26(23-42)13-15-30)34(37(52)48(45)31-11-7-10-28(22-31)38(39,40)41)36(51)44-29-17-20-46(21-18-29)33(50)25-49(2,3)24-27-8-5-4-6-9-27/h4-16,19,22,29H,17-18,20-21,24-25H2,1-3H3/p+1. The minimum Gasteiger partial charge on any atom is -0.349 e. The van der Waals surface area contributed by atoms with Gasteiger partial charge in [-0.2, -0.15) is 23.5 Å². The molecule has 268 valence electrons. The third-order valence-corrected chi connectivity index (χ3v) is 9.24. The van der Waals surface area contributed by atoms with Crippen molar-refractivity contribution in [1.29, 1.82) is 5.26 Å². The molecule has 3 heterocycles. The number of carbonyl (C=O) groups is 2. The lowest BCUT2D eigenvalue weighted by Gasteiger charge is -2.35. The second kappa shape index (κ2) is 14.4. The molecule has 14 heteroatoms. The van der Waals surface area contributed by atoms with E-state index in [9.17, 15) is 32.8 Å². The molecule has 0 spiro atoms. The summed E-state index contributed by atoms with van der Waals surface area (Å²) in [5.74, 6) is -0.685. The molecule has 2 aromatic heterocycles. The topological polar surface area (TPSA) is 118 Å². The molecule has 6 rings (SSSR count). The molecule has 0 atom stereocenters. The number of nitrogens with zero attached hydrogens (tertiary/aromatic N) is 7. The van der Waals surface area contributed by atoms with Gasteiger partial charge in [0.15, 0.2) is 6.54 Å². The second-order valence-electron chi connectivity index (χ2n) is 13.6. The van der Waals surface area contributed by atoms with Crippen LogP contribution in [0.25, 0.3) is 22.8 Å². The average molecular weight is 712 g/mol. The summed E-state index contributed by atoms with van der Waals surface area (Å²) in [6.07, 6.45) is -2.27. The van der Waals surface area contributed by atoms with Crippen molar-refractivity contribution in [2.75, 3.05) is 33.7 Å². The Bertz CT molecular complexity index is 2190. The van der Waals surface area contributed by atoms with Crippen LogP contribution in [-0.4, -0.2) is 80.1 Å². The number of hydrogen-bond donors (Lipinski definition) is 1. The molecule has 0 unspecified atom stereocenters. The normalized spacial score (nSPS) is 13.9. The molecule has 0 saturated carbocycles. The maximum atomic E-state index is 14.2. The SMILES string of the molecule is Cn1c(-c2ccnn2-c2ccc(C#N)cc2)c(C(=O)NC2CCN(C(=O)C[N+](C)(C)Cc3ccccc3)CC2)c(=O)n1-c1cccc(C(F)(F)F)c1. The van der Waals surface area contributed by atoms with Gasteiger partial charge in [0.25, 0.3) is 17.4 Å². The second-order valence-corrected chi connectivity index (χ2v) is 13.6. The summed E-state index contributed by atoms with van der Waals surface area (Å²) in [7, 11) is 5.51. The molecular formula is C38H38F3N8O3+. The fourth-order valence-electron chi connectivity index (χ4n) is 6.70. The van der Waals surface area contributed by atoms with E-state index < -0.39 is 23.2 Å². The zero-order valence-electron chi connectivity index (χ0n) is 29.0. The number of amides is 2. The van der Waals surface area contributed by atoms with Gasteiger partial charge in [-0.25, -0.2) is 9.36 Å². The number of carbonyl (C=O) groups excluding carboxylic acids is 2. The molecule has 1 aliphatic heterocycles. The van der Waals surface area contributed by atoms with Crippen molar-refractivity contribution in [3.8, 4) is 28.8 Å². The van der Waals surface area contributed by atoms with Gasteiger partial charge in [-0.3, -0.25) is 19.1 Å². The number of likely N-dealkylation sites (tertiary alicyclic amines) is 1. The fraction of sp³-hybridized carbons (Fsp3) is 0.289. The van der Waals surface area contributed by atoms with Gasteiger partial charge in [-0.05, 0) is 61.4 Å². The first-order chi connectivity index (χ1) is 24.8. The number of piperidine rings is 1. The molecule has 3 aromatic carbocycles. The lowest BCUT2D eigenvalue weighted by molar-refractivity contribution is -0.896. The summed E-state index contributed by atoms with van der Waals surface area (Å²) in [6, 6.07) is 24.1. The van der Waals surface area contributed by atoms with Crippen molar-refractivity contribution in [3.63, 3.8) is 0 Å². The summed E-state index contributed by atoms with van der Waals surface area (Å²) in [6.45, 7) is 1.83. The predicted octanol–water partition coefficient (Wildman–Crippen LogP) is 4.92. The number of aromatic nitrogens is 4. The summed E-state index contributed by atoms with van der Waals surface area (Å²) >= 11 is 0. The summed E-state index contributed by atoms with van der Waals surface area (Å²) in [5, 5.41) is 16.6. The van der Waals surface area contributed by atoms with Gasteiger partial charge in [-0.15, -0.1) is 0 Å². The first kappa shape index (κ1) is 35.9. The largest absolute Gasteiger partial charge is 0.416 e. The predicted molar refractivity (Wildman–Crippen MR) is 187 cm³/mol. The highest BCUT2D eigenvalue weighted by Gasteiger charge is 2.34. The molecule has 5 aromatic rings. The van der Waals surface area contributed by atoms with Crippen LogP contribution in [0, 0.1) is 11.3 Å². The molecular weight excluding hydrogens is 673 g/mol. The van der Waals surface area contributed by atoms with Crippen molar-refractivity contribution >= 4 is 11.8 Å². The third kappa shape index (κ3) is 7.54. The summed E-state index contributed by atoms with van der Waals surface area (Å²) < 4.78 is 45.5. The van der Waals surface area contributed by atoms with Gasteiger partial charge in [0.05, 0.1) is 54.6 Å². The van der Waals surface area contributed by atoms with Crippen LogP contribution in [0.3, 0.4) is 0 Å². The molecule has 1 saturated heterocycles. The lowest BCUT2D eigenvalue weighted by Crippen LogP contribution is -2.52. The Labute approximate surface area is 298 Å². The Morgan fingerprint density at radius 3 is 2.31 bits per heavy atom. The van der Waals surface area contributed by atoms with Crippen molar-refractivity contribution < 1.29 is 27.2 Å². The van der Waals surface area contributed by atoms with Crippen LogP contribution >= 0.6 is 0 Å². The van der Waals surface area contributed by atoms with Crippen LogP contribution in [0.2, 0.25) is 0 Å². The van der Waals surface area contributed by atoms with E-state index in [0.29, 0.717) is 60.4 Å². The number of nitrogens with one attached hydrogen (secondary N) is 1. The van der Waals surface area contributed by atoms with Gasteiger partial charge < -0.3 is 14.7 Å². The molecule has 0 radical (unpaired) electrons. The van der Waals surface area contributed by atoms with Gasteiger partial charge in [0.1, 0.15) is 17.8 Å². The molecule has 0 bridgehead atoms. The molecule has 52 heavy (non-hydrogen) atoms. The van der Waals surface area contributed by atoms with Crippen LogP contribution in [-0.2, 0) is 24.6 Å². The van der Waals surface area contributed by atoms with E-state index in [1.807, 2.05) is 44.4 Å². The molecule has 1 N–H and O–H groups in total. The van der Waals surface area contributed by atoms with Gasteiger partial charge in [0, 0.05) is 31.7 Å². The van der Waals surface area contributed by atoms with Gasteiger partial charge in [0.2, 0.25) is 0 Å². The quantitative estimate of drug-likeness (QED) is 0.218. The number of likely N-dealkylation sites (N-methyl/N-ethyl adjacent to an activating group) is 1. The number of quaternary nitrogens is 1. The van der Waals surface area contributed by atoms with Gasteiger partial charge >= 0.3 is 6.18 Å². The Morgan fingerprint density at radius 2 is 1.65 bits per heavy atom. The van der Waals surface area contributed by atoms with E-state index in [1.54, 1.807) is 35.2 Å². The Hall–Kier alpha value is -5.94. The first-order valence-corrected chi connectivity index (χ1v) is 16.7. The van der Waals surface area contributed by atoms with Crippen LogP contribution in [0.5, 0.6) is 0 Å². The van der Waals surface area contributed by atoms with Gasteiger partial charge in [-0.1, -0.05) is 36.4 Å². The fourth-order valence-corrected chi connectivity index (χ4v) is 6.70. The van der Waals surface area contributed by atoms with E-state index in [4.69, 9.17) is 0 Å². The van der Waals surface area contributed by atoms with E-state index in [-0.39, 0.29) is 28.9 Å². The number of rotatable bonds is 9. The Morgan fingerprint density at radius 1 is 0.962 bits per heavy atom. The van der Waals surface area contributed by atoms with E-state index in [2.05, 4.69) is 16.5 Å². The Kier molecular flexibility index (Phi) is 9.90. The lowest BCUT2D eigenvalue weighted by atomic mass is 10.0. The van der Waals surface area contributed by atoms with E-state index in [1.165, 1.54) is 34.7 Å². The third-order valence-electron chi connectivity index (χ3n) is 9.24. The number of halogens is 3. The minimum atomic E-state index is -4.66. The van der Waals surface area contributed by atoms with Crippen molar-refractivity contribution in [3.05, 3.63) is 124 Å². The van der Waals surface area contributed by atoms with E-state index in [0.717, 1.165) is 22.4 Å². The average Bonchev–Trinajstić information content (AvgIpc) is 3.69. The van der Waals surface area contributed by atoms with Crippen LogP contribution in [0.15, 0.2) is 95.9 Å². The van der Waals surface area contributed by atoms with Crippen LogP contribution in [0.4, 0.5) is 13.2 Å². The number of benzene rings is 3. The maximum Gasteiger partial charge on any atom is 0.416 e. The zero-order chi connectivity index (χ0) is 37.2. The highest BCUT2D eigenvalue weighted by molar-refractivity contribution is 6.00. The Balaban J connectivity index is 1.27. The van der Waals surface area contributed by atoms with Crippen molar-refractivity contribution in [1.82, 2.24) is 29.4 Å². The first-order valence-electron chi connectivity index (χ1n) is 16.7. The highest BCUT2D eigenvalue weighted by Crippen LogP contribution is 2.31. The molecule has 2 amide bonds. The smallest absolute Gasteiger partial charge is 0.349 e. The number of nitriles is 1. The molecule has 1 fully saturated rings. The minimum absolute atomic E-state index is 0.0103. The molecule has 0 aliphatic carbocycles. The van der Waals surface area contributed by atoms with E-state index >= 15 is 0 Å². The zero-order valence-corrected chi connectivity index (χ0v) is 29.0. The van der Waals surface area contributed by atoms with Crippen molar-refractivity contribution in [2.45, 2.75) is 31.6 Å². The van der Waals surface area contributed by atoms with Crippen LogP contribution in [0.1, 0.15) is 39.9 Å². The number of hydrogen-bond acceptors (Lipinski definition) is 5. The monoisotopic (exact) mass is 711 g/mol. The van der Waals surface area contributed by atoms with Crippen LogP contribution < -0.4 is 10.9 Å². The van der Waals surface area contributed by atoms with Crippen molar-refractivity contribution in [2.24, 2.45) is 7.05 Å². The summed E-state index contributed by atoms with van der Waals surface area (Å²) in [4.78, 5) is 43.4. The summed E-state index contributed by atoms with van der Waals surface area (Å²) in [5.41, 5.74) is 0.445. The highest BCUT2D eigenvalue weighted by atomic mass is 19.4. The molecule has 1 aliphatic rings. The number of alkyl halides is 3.